The molecule has 1 aromatic carbocycles. The van der Waals surface area contributed by atoms with E-state index in [9.17, 15) is 14.3 Å². The lowest BCUT2D eigenvalue weighted by Crippen LogP contribution is -2.49. The summed E-state index contributed by atoms with van der Waals surface area (Å²) in [5.74, 6) is -0.306. The monoisotopic (exact) mass is 429 g/mol. The maximum atomic E-state index is 14.0. The standard InChI is InChI=1S/C21H24FN5O2S/c1-20(2,29)18-12-30-19(25-18)14-6-7-21(3,26(11-14)13-28)16-5-4-15(22)10-17(16)27-23-8-9-24-27/h4-5,8-10,12-14,29H,6-7,11H2,1-3H3/t14-,21-/m1/s1. The number of amides is 1. The van der Waals surface area contributed by atoms with Crippen LogP contribution in [0.25, 0.3) is 5.69 Å². The van der Waals surface area contributed by atoms with Gasteiger partial charge in [-0.25, -0.2) is 9.37 Å². The van der Waals surface area contributed by atoms with E-state index in [1.165, 1.54) is 40.7 Å². The molecule has 1 aliphatic heterocycles. The van der Waals surface area contributed by atoms with Gasteiger partial charge in [0.15, 0.2) is 0 Å². The van der Waals surface area contributed by atoms with Crippen LogP contribution in [0.5, 0.6) is 0 Å². The highest BCUT2D eigenvalue weighted by Crippen LogP contribution is 2.44. The summed E-state index contributed by atoms with van der Waals surface area (Å²) in [4.78, 5) is 19.9. The number of benzene rings is 1. The molecule has 158 valence electrons. The number of hydrogen-bond donors (Lipinski definition) is 1. The van der Waals surface area contributed by atoms with Gasteiger partial charge in [0.05, 0.1) is 34.3 Å². The minimum Gasteiger partial charge on any atom is -0.384 e. The molecular formula is C21H24FN5O2S. The second-order valence-electron chi connectivity index (χ2n) is 8.38. The molecule has 2 atom stereocenters. The Balaban J connectivity index is 1.67. The molecule has 3 heterocycles. The second kappa shape index (κ2) is 7.55. The summed E-state index contributed by atoms with van der Waals surface area (Å²) in [6.07, 6.45) is 5.40. The smallest absolute Gasteiger partial charge is 0.210 e. The predicted molar refractivity (Wildman–Crippen MR) is 111 cm³/mol. The third kappa shape index (κ3) is 3.63. The molecule has 2 aromatic heterocycles. The molecule has 9 heteroatoms. The van der Waals surface area contributed by atoms with Crippen molar-refractivity contribution in [2.45, 2.75) is 50.7 Å². The van der Waals surface area contributed by atoms with E-state index in [1.54, 1.807) is 24.8 Å². The topological polar surface area (TPSA) is 84.1 Å². The zero-order valence-electron chi connectivity index (χ0n) is 17.1. The summed E-state index contributed by atoms with van der Waals surface area (Å²) in [5, 5.41) is 21.3. The molecule has 0 unspecified atom stereocenters. The fraction of sp³-hybridized carbons (Fsp3) is 0.429. The van der Waals surface area contributed by atoms with Gasteiger partial charge in [0.25, 0.3) is 0 Å². The number of thiazole rings is 1. The average molecular weight is 430 g/mol. The highest BCUT2D eigenvalue weighted by atomic mass is 32.1. The van der Waals surface area contributed by atoms with Crippen molar-refractivity contribution in [2.75, 3.05) is 6.54 Å². The molecular weight excluding hydrogens is 405 g/mol. The predicted octanol–water partition coefficient (Wildman–Crippen LogP) is 3.34. The molecule has 0 bridgehead atoms. The average Bonchev–Trinajstić information content (AvgIpc) is 3.40. The molecule has 1 N–H and O–H groups in total. The van der Waals surface area contributed by atoms with Crippen molar-refractivity contribution in [1.29, 1.82) is 0 Å². The first-order chi connectivity index (χ1) is 14.2. The summed E-state index contributed by atoms with van der Waals surface area (Å²) in [6, 6.07) is 4.51. The van der Waals surface area contributed by atoms with Gasteiger partial charge in [-0.3, -0.25) is 4.79 Å². The van der Waals surface area contributed by atoms with Crippen LogP contribution in [0.1, 0.15) is 55.8 Å². The van der Waals surface area contributed by atoms with E-state index in [-0.39, 0.29) is 11.7 Å². The Labute approximate surface area is 178 Å². The quantitative estimate of drug-likeness (QED) is 0.629. The zero-order chi connectivity index (χ0) is 21.5. The van der Waals surface area contributed by atoms with Crippen molar-refractivity contribution in [3.63, 3.8) is 0 Å². The lowest BCUT2D eigenvalue weighted by molar-refractivity contribution is -0.126. The van der Waals surface area contributed by atoms with Crippen LogP contribution in [-0.4, -0.2) is 42.9 Å². The Kier molecular flexibility index (Phi) is 5.19. The minimum atomic E-state index is -0.998. The molecule has 0 radical (unpaired) electrons. The minimum absolute atomic E-state index is 0.0797. The van der Waals surface area contributed by atoms with Crippen LogP contribution in [0.15, 0.2) is 36.0 Å². The van der Waals surface area contributed by atoms with E-state index >= 15 is 0 Å². The number of hydrogen-bond acceptors (Lipinski definition) is 6. The first kappa shape index (κ1) is 20.6. The van der Waals surface area contributed by atoms with E-state index in [0.717, 1.165) is 23.4 Å². The normalized spacial score (nSPS) is 22.3. The number of piperidine rings is 1. The Morgan fingerprint density at radius 2 is 2.07 bits per heavy atom. The highest BCUT2D eigenvalue weighted by molar-refractivity contribution is 7.09. The van der Waals surface area contributed by atoms with Gasteiger partial charge in [-0.2, -0.15) is 15.0 Å². The van der Waals surface area contributed by atoms with Crippen LogP contribution >= 0.6 is 11.3 Å². The molecule has 7 nitrogen and oxygen atoms in total. The molecule has 0 saturated carbocycles. The van der Waals surface area contributed by atoms with Crippen LogP contribution in [0.2, 0.25) is 0 Å². The van der Waals surface area contributed by atoms with Crippen LogP contribution in [0, 0.1) is 5.82 Å². The third-order valence-corrected chi connectivity index (χ3v) is 6.84. The fourth-order valence-corrected chi connectivity index (χ4v) is 5.11. The van der Waals surface area contributed by atoms with Gasteiger partial charge < -0.3 is 10.0 Å². The van der Waals surface area contributed by atoms with Crippen molar-refractivity contribution >= 4 is 17.7 Å². The molecule has 4 rings (SSSR count). The number of aliphatic hydroxyl groups is 1. The Hall–Kier alpha value is -2.65. The maximum Gasteiger partial charge on any atom is 0.210 e. The van der Waals surface area contributed by atoms with Gasteiger partial charge in [-0.05, 0) is 39.7 Å². The first-order valence-electron chi connectivity index (χ1n) is 9.79. The molecule has 0 aliphatic carbocycles. The number of carbonyl (C=O) groups is 1. The van der Waals surface area contributed by atoms with Crippen molar-refractivity contribution in [3.8, 4) is 5.69 Å². The lowest BCUT2D eigenvalue weighted by Gasteiger charge is -2.46. The van der Waals surface area contributed by atoms with Crippen molar-refractivity contribution in [2.24, 2.45) is 0 Å². The van der Waals surface area contributed by atoms with Crippen molar-refractivity contribution < 1.29 is 14.3 Å². The SMILES string of the molecule is CC(C)(O)c1csc([C@@H]2CC[C@](C)(c3ccc(F)cc3-n3nccn3)N(C=O)C2)n1. The molecule has 1 amide bonds. The summed E-state index contributed by atoms with van der Waals surface area (Å²) >= 11 is 1.51. The highest BCUT2D eigenvalue weighted by Gasteiger charge is 2.42. The summed E-state index contributed by atoms with van der Waals surface area (Å²) in [6.45, 7) is 5.89. The third-order valence-electron chi connectivity index (χ3n) is 5.83. The van der Waals surface area contributed by atoms with Gasteiger partial charge in [0.2, 0.25) is 6.41 Å². The second-order valence-corrected chi connectivity index (χ2v) is 9.27. The number of likely N-dealkylation sites (tertiary alicyclic amines) is 1. The Morgan fingerprint density at radius 3 is 2.70 bits per heavy atom. The van der Waals surface area contributed by atoms with Gasteiger partial charge in [-0.15, -0.1) is 11.3 Å². The molecule has 30 heavy (non-hydrogen) atoms. The number of halogens is 1. The summed E-state index contributed by atoms with van der Waals surface area (Å²) in [5.41, 5.74) is 0.320. The van der Waals surface area contributed by atoms with Crippen LogP contribution in [-0.2, 0) is 15.9 Å². The van der Waals surface area contributed by atoms with Gasteiger partial charge >= 0.3 is 0 Å². The Morgan fingerprint density at radius 1 is 1.33 bits per heavy atom. The van der Waals surface area contributed by atoms with E-state index in [4.69, 9.17) is 0 Å². The molecule has 1 saturated heterocycles. The number of carbonyl (C=O) groups excluding carboxylic acids is 1. The van der Waals surface area contributed by atoms with Crippen LogP contribution < -0.4 is 0 Å². The largest absolute Gasteiger partial charge is 0.384 e. The van der Waals surface area contributed by atoms with Gasteiger partial charge in [0, 0.05) is 29.5 Å². The van der Waals surface area contributed by atoms with Crippen molar-refractivity contribution in [3.05, 3.63) is 58.1 Å². The summed E-state index contributed by atoms with van der Waals surface area (Å²) in [7, 11) is 0. The number of aromatic nitrogens is 4. The van der Waals surface area contributed by atoms with E-state index in [0.29, 0.717) is 24.3 Å². The van der Waals surface area contributed by atoms with E-state index in [1.807, 2.05) is 12.3 Å². The van der Waals surface area contributed by atoms with Crippen molar-refractivity contribution in [1.82, 2.24) is 24.9 Å². The first-order valence-corrected chi connectivity index (χ1v) is 10.7. The van der Waals surface area contributed by atoms with E-state index in [2.05, 4.69) is 15.2 Å². The van der Waals surface area contributed by atoms with Crippen LogP contribution in [0.4, 0.5) is 4.39 Å². The lowest BCUT2D eigenvalue weighted by atomic mass is 9.78. The molecule has 0 spiro atoms. The number of rotatable bonds is 5. The van der Waals surface area contributed by atoms with Gasteiger partial charge in [0.1, 0.15) is 11.4 Å². The van der Waals surface area contributed by atoms with Gasteiger partial charge in [-0.1, -0.05) is 6.07 Å². The van der Waals surface area contributed by atoms with Crippen LogP contribution in [0.3, 0.4) is 0 Å². The molecule has 1 fully saturated rings. The maximum absolute atomic E-state index is 14.0. The van der Waals surface area contributed by atoms with E-state index < -0.39 is 11.1 Å². The summed E-state index contributed by atoms with van der Waals surface area (Å²) < 4.78 is 14.0. The Bertz CT molecular complexity index is 1050. The fourth-order valence-electron chi connectivity index (χ4n) is 4.00. The number of nitrogens with zero attached hydrogens (tertiary/aromatic N) is 5. The molecule has 1 aliphatic rings. The zero-order valence-corrected chi connectivity index (χ0v) is 17.9. The molecule has 3 aromatic rings.